The van der Waals surface area contributed by atoms with Crippen LogP contribution in [-0.4, -0.2) is 38.0 Å². The van der Waals surface area contributed by atoms with E-state index in [1.807, 2.05) is 17.9 Å². The zero-order chi connectivity index (χ0) is 19.4. The van der Waals surface area contributed by atoms with E-state index < -0.39 is 11.6 Å². The smallest absolute Gasteiger partial charge is 0.261 e. The first kappa shape index (κ1) is 19.3. The Kier molecular flexibility index (Phi) is 6.05. The summed E-state index contributed by atoms with van der Waals surface area (Å²) in [7, 11) is 0. The minimum Gasteiger partial charge on any atom is -0.371 e. The maximum atomic E-state index is 13.4. The van der Waals surface area contributed by atoms with E-state index >= 15 is 0 Å². The van der Waals surface area contributed by atoms with Gasteiger partial charge in [0.1, 0.15) is 0 Å². The number of anilines is 1. The van der Waals surface area contributed by atoms with Crippen LogP contribution >= 0.6 is 11.3 Å². The predicted octanol–water partition coefficient (Wildman–Crippen LogP) is 2.71. The summed E-state index contributed by atoms with van der Waals surface area (Å²) in [5.41, 5.74) is 0.640. The normalized spacial score (nSPS) is 16.4. The third kappa shape index (κ3) is 5.03. The molecule has 2 amide bonds. The highest BCUT2D eigenvalue weighted by molar-refractivity contribution is 7.13. The molecule has 1 saturated heterocycles. The number of carbonyl (C=O) groups excluding carboxylic acids is 2. The second-order valence-corrected chi connectivity index (χ2v) is 7.88. The Morgan fingerprint density at radius 3 is 2.70 bits per heavy atom. The topological polar surface area (TPSA) is 61.4 Å². The number of rotatable bonds is 6. The molecule has 5 nitrogen and oxygen atoms in total. The van der Waals surface area contributed by atoms with Gasteiger partial charge in [0, 0.05) is 36.3 Å². The molecule has 2 heterocycles. The van der Waals surface area contributed by atoms with Crippen LogP contribution < -0.4 is 15.5 Å². The Hall–Kier alpha value is -2.48. The molecule has 0 spiro atoms. The number of hydrogen-bond acceptors (Lipinski definition) is 4. The van der Waals surface area contributed by atoms with Crippen LogP contribution in [0.2, 0.25) is 0 Å². The molecule has 1 aliphatic heterocycles. The molecule has 144 valence electrons. The van der Waals surface area contributed by atoms with Gasteiger partial charge in [0.15, 0.2) is 11.6 Å². The summed E-state index contributed by atoms with van der Waals surface area (Å²) in [5.74, 6) is -2.00. The van der Waals surface area contributed by atoms with Gasteiger partial charge in [0.25, 0.3) is 5.91 Å². The van der Waals surface area contributed by atoms with Gasteiger partial charge in [-0.25, -0.2) is 8.78 Å². The Morgan fingerprint density at radius 1 is 1.19 bits per heavy atom. The second-order valence-electron chi connectivity index (χ2n) is 6.60. The number of nitrogens with zero attached hydrogens (tertiary/aromatic N) is 1. The van der Waals surface area contributed by atoms with Crippen molar-refractivity contribution in [2.45, 2.75) is 13.3 Å². The average Bonchev–Trinajstić information content (AvgIpc) is 3.29. The van der Waals surface area contributed by atoms with Crippen LogP contribution in [0, 0.1) is 24.5 Å². The van der Waals surface area contributed by atoms with Crippen molar-refractivity contribution in [3.05, 3.63) is 51.7 Å². The SMILES string of the molecule is Cc1ccc(C(=O)NCC(=O)NCC2CCN(c3ccc(F)c(F)c3)C2)s1. The highest BCUT2D eigenvalue weighted by Gasteiger charge is 2.24. The molecular formula is C19H21F2N3O2S. The van der Waals surface area contributed by atoms with E-state index in [0.29, 0.717) is 23.7 Å². The van der Waals surface area contributed by atoms with Crippen LogP contribution in [0.3, 0.4) is 0 Å². The first-order valence-electron chi connectivity index (χ1n) is 8.73. The molecule has 1 aromatic carbocycles. The van der Waals surface area contributed by atoms with Crippen LogP contribution in [0.15, 0.2) is 30.3 Å². The molecule has 0 saturated carbocycles. The number of carbonyl (C=O) groups is 2. The summed E-state index contributed by atoms with van der Waals surface area (Å²) in [6, 6.07) is 7.47. The van der Waals surface area contributed by atoms with Gasteiger partial charge in [0.05, 0.1) is 11.4 Å². The second kappa shape index (κ2) is 8.47. The maximum Gasteiger partial charge on any atom is 0.261 e. The van der Waals surface area contributed by atoms with E-state index in [4.69, 9.17) is 0 Å². The quantitative estimate of drug-likeness (QED) is 0.793. The minimum atomic E-state index is -0.860. The van der Waals surface area contributed by atoms with Gasteiger partial charge in [-0.2, -0.15) is 0 Å². The fourth-order valence-electron chi connectivity index (χ4n) is 3.04. The number of aryl methyl sites for hydroxylation is 1. The van der Waals surface area contributed by atoms with Gasteiger partial charge in [0.2, 0.25) is 5.91 Å². The molecule has 0 bridgehead atoms. The largest absolute Gasteiger partial charge is 0.371 e. The third-order valence-corrected chi connectivity index (χ3v) is 5.52. The van der Waals surface area contributed by atoms with Crippen molar-refractivity contribution < 1.29 is 18.4 Å². The van der Waals surface area contributed by atoms with Crippen molar-refractivity contribution >= 4 is 28.8 Å². The summed E-state index contributed by atoms with van der Waals surface area (Å²) >= 11 is 1.38. The lowest BCUT2D eigenvalue weighted by atomic mass is 10.1. The molecule has 1 fully saturated rings. The number of benzene rings is 1. The van der Waals surface area contributed by atoms with Gasteiger partial charge in [-0.15, -0.1) is 11.3 Å². The Labute approximate surface area is 160 Å². The first-order chi connectivity index (χ1) is 12.9. The van der Waals surface area contributed by atoms with Crippen molar-refractivity contribution in [1.29, 1.82) is 0 Å². The molecule has 0 radical (unpaired) electrons. The summed E-state index contributed by atoms with van der Waals surface area (Å²) in [4.78, 5) is 27.5. The molecule has 27 heavy (non-hydrogen) atoms. The summed E-state index contributed by atoms with van der Waals surface area (Å²) < 4.78 is 26.4. The molecule has 3 rings (SSSR count). The fourth-order valence-corrected chi connectivity index (χ4v) is 3.82. The highest BCUT2D eigenvalue weighted by atomic mass is 32.1. The number of hydrogen-bond donors (Lipinski definition) is 2. The lowest BCUT2D eigenvalue weighted by molar-refractivity contribution is -0.120. The van der Waals surface area contributed by atoms with Crippen LogP contribution in [0.25, 0.3) is 0 Å². The van der Waals surface area contributed by atoms with Crippen molar-refractivity contribution in [2.24, 2.45) is 5.92 Å². The molecule has 2 N–H and O–H groups in total. The van der Waals surface area contributed by atoms with E-state index in [1.54, 1.807) is 12.1 Å². The number of nitrogens with one attached hydrogen (secondary N) is 2. The lowest BCUT2D eigenvalue weighted by Gasteiger charge is -2.19. The Balaban J connectivity index is 1.40. The fraction of sp³-hybridized carbons (Fsp3) is 0.368. The van der Waals surface area contributed by atoms with Gasteiger partial charge in [-0.1, -0.05) is 0 Å². The average molecular weight is 393 g/mol. The summed E-state index contributed by atoms with van der Waals surface area (Å²) in [5, 5.41) is 5.42. The molecule has 1 aliphatic rings. The van der Waals surface area contributed by atoms with Crippen LogP contribution in [0.1, 0.15) is 21.0 Å². The van der Waals surface area contributed by atoms with Crippen molar-refractivity contribution in [2.75, 3.05) is 31.1 Å². The Bertz CT molecular complexity index is 840. The van der Waals surface area contributed by atoms with Gasteiger partial charge >= 0.3 is 0 Å². The van der Waals surface area contributed by atoms with Gasteiger partial charge < -0.3 is 15.5 Å². The molecule has 1 aromatic heterocycles. The summed E-state index contributed by atoms with van der Waals surface area (Å²) in [6.07, 6.45) is 0.847. The van der Waals surface area contributed by atoms with Crippen LogP contribution in [-0.2, 0) is 4.79 Å². The van der Waals surface area contributed by atoms with Crippen molar-refractivity contribution in [1.82, 2.24) is 10.6 Å². The molecule has 8 heteroatoms. The zero-order valence-corrected chi connectivity index (χ0v) is 15.7. The lowest BCUT2D eigenvalue weighted by Crippen LogP contribution is -2.39. The predicted molar refractivity (Wildman–Crippen MR) is 101 cm³/mol. The van der Waals surface area contributed by atoms with E-state index in [-0.39, 0.29) is 24.3 Å². The molecule has 0 aliphatic carbocycles. The summed E-state index contributed by atoms with van der Waals surface area (Å²) in [6.45, 7) is 3.70. The molecule has 1 atom stereocenters. The third-order valence-electron chi connectivity index (χ3n) is 4.52. The maximum absolute atomic E-state index is 13.4. The molecular weight excluding hydrogens is 372 g/mol. The van der Waals surface area contributed by atoms with E-state index in [1.165, 1.54) is 17.4 Å². The van der Waals surface area contributed by atoms with E-state index in [2.05, 4.69) is 10.6 Å². The molecule has 2 aromatic rings. The van der Waals surface area contributed by atoms with Crippen molar-refractivity contribution in [3.8, 4) is 0 Å². The number of thiophene rings is 1. The van der Waals surface area contributed by atoms with Gasteiger partial charge in [-0.3, -0.25) is 9.59 Å². The number of halogens is 2. The zero-order valence-electron chi connectivity index (χ0n) is 14.9. The highest BCUT2D eigenvalue weighted by Crippen LogP contribution is 2.25. The Morgan fingerprint density at radius 2 is 2.00 bits per heavy atom. The minimum absolute atomic E-state index is 0.0740. The first-order valence-corrected chi connectivity index (χ1v) is 9.55. The van der Waals surface area contributed by atoms with E-state index in [9.17, 15) is 18.4 Å². The monoisotopic (exact) mass is 393 g/mol. The van der Waals surface area contributed by atoms with Gasteiger partial charge in [-0.05, 0) is 43.5 Å². The van der Waals surface area contributed by atoms with Crippen LogP contribution in [0.5, 0.6) is 0 Å². The van der Waals surface area contributed by atoms with E-state index in [0.717, 1.165) is 23.9 Å². The van der Waals surface area contributed by atoms with Crippen LogP contribution in [0.4, 0.5) is 14.5 Å². The molecule has 1 unspecified atom stereocenters. The number of amides is 2. The standard InChI is InChI=1S/C19H21F2N3O2S/c1-12-2-5-17(27-12)19(26)23-10-18(25)22-9-13-6-7-24(11-13)14-3-4-15(20)16(21)8-14/h2-5,8,13H,6-7,9-11H2,1H3,(H,22,25)(H,23,26). The van der Waals surface area contributed by atoms with Crippen molar-refractivity contribution in [3.63, 3.8) is 0 Å².